The van der Waals surface area contributed by atoms with Gasteiger partial charge >= 0.3 is 0 Å². The molecule has 0 aliphatic heterocycles. The molecule has 3 rings (SSSR count). The van der Waals surface area contributed by atoms with Crippen LogP contribution in [0.3, 0.4) is 0 Å². The lowest BCUT2D eigenvalue weighted by atomic mass is 10.1. The molecule has 3 N–H and O–H groups in total. The minimum absolute atomic E-state index is 0.219. The van der Waals surface area contributed by atoms with Crippen molar-refractivity contribution < 1.29 is 0 Å². The molecule has 1 aromatic carbocycles. The molecule has 0 fully saturated rings. The highest BCUT2D eigenvalue weighted by atomic mass is 35.5. The first kappa shape index (κ1) is 10.1. The van der Waals surface area contributed by atoms with Gasteiger partial charge in [0.05, 0.1) is 16.9 Å². The van der Waals surface area contributed by atoms with Crippen LogP contribution >= 0.6 is 11.6 Å². The summed E-state index contributed by atoms with van der Waals surface area (Å²) in [5, 5.41) is 1.56. The Balaban J connectivity index is 2.34. The van der Waals surface area contributed by atoms with Crippen LogP contribution in [0, 0.1) is 0 Å². The SMILES string of the molecule is Nc1ncc(Cl)c(-c2cccc3[nH]ccc23)n1. The highest BCUT2D eigenvalue weighted by molar-refractivity contribution is 6.33. The molecule has 0 saturated carbocycles. The molecule has 4 nitrogen and oxygen atoms in total. The summed E-state index contributed by atoms with van der Waals surface area (Å²) in [6, 6.07) is 7.89. The third-order valence-electron chi connectivity index (χ3n) is 2.61. The fourth-order valence-electron chi connectivity index (χ4n) is 1.86. The van der Waals surface area contributed by atoms with Gasteiger partial charge < -0.3 is 10.7 Å². The van der Waals surface area contributed by atoms with Crippen LogP contribution in [0.25, 0.3) is 22.2 Å². The molecular weight excluding hydrogens is 236 g/mol. The van der Waals surface area contributed by atoms with Crippen LogP contribution in [-0.2, 0) is 0 Å². The van der Waals surface area contributed by atoms with E-state index in [0.29, 0.717) is 10.7 Å². The Morgan fingerprint density at radius 2 is 2.12 bits per heavy atom. The van der Waals surface area contributed by atoms with Gasteiger partial charge in [0.25, 0.3) is 0 Å². The van der Waals surface area contributed by atoms with Crippen LogP contribution in [0.4, 0.5) is 5.95 Å². The monoisotopic (exact) mass is 244 g/mol. The van der Waals surface area contributed by atoms with Crippen molar-refractivity contribution in [3.05, 3.63) is 41.7 Å². The van der Waals surface area contributed by atoms with Crippen LogP contribution < -0.4 is 5.73 Å². The standard InChI is InChI=1S/C12H9ClN4/c13-9-6-16-12(14)17-11(9)8-2-1-3-10-7(8)4-5-15-10/h1-6,15H,(H2,14,16,17). The van der Waals surface area contributed by atoms with E-state index in [4.69, 9.17) is 17.3 Å². The van der Waals surface area contributed by atoms with Gasteiger partial charge in [0.15, 0.2) is 0 Å². The van der Waals surface area contributed by atoms with E-state index in [2.05, 4.69) is 15.0 Å². The molecule has 17 heavy (non-hydrogen) atoms. The van der Waals surface area contributed by atoms with Crippen LogP contribution in [0.2, 0.25) is 5.02 Å². The summed E-state index contributed by atoms with van der Waals surface area (Å²) in [5.41, 5.74) is 8.24. The molecule has 2 heterocycles. The van der Waals surface area contributed by atoms with Crippen LogP contribution in [0.1, 0.15) is 0 Å². The number of nitrogens with two attached hydrogens (primary N) is 1. The van der Waals surface area contributed by atoms with Crippen LogP contribution in [-0.4, -0.2) is 15.0 Å². The molecule has 0 radical (unpaired) electrons. The number of nitrogens with one attached hydrogen (secondary N) is 1. The Labute approximate surface area is 102 Å². The van der Waals surface area contributed by atoms with E-state index in [1.165, 1.54) is 6.20 Å². The van der Waals surface area contributed by atoms with Gasteiger partial charge in [0, 0.05) is 22.7 Å². The van der Waals surface area contributed by atoms with Gasteiger partial charge in [-0.3, -0.25) is 0 Å². The lowest BCUT2D eigenvalue weighted by Gasteiger charge is -2.05. The molecule has 5 heteroatoms. The largest absolute Gasteiger partial charge is 0.368 e. The molecule has 0 amide bonds. The van der Waals surface area contributed by atoms with Crippen molar-refractivity contribution >= 4 is 28.5 Å². The van der Waals surface area contributed by atoms with Gasteiger partial charge in [-0.05, 0) is 12.1 Å². The van der Waals surface area contributed by atoms with E-state index >= 15 is 0 Å². The number of fused-ring (bicyclic) bond motifs is 1. The lowest BCUT2D eigenvalue weighted by Crippen LogP contribution is -1.96. The summed E-state index contributed by atoms with van der Waals surface area (Å²) >= 11 is 6.11. The number of rotatable bonds is 1. The van der Waals surface area contributed by atoms with Crippen LogP contribution in [0.15, 0.2) is 36.7 Å². The van der Waals surface area contributed by atoms with E-state index in [0.717, 1.165) is 16.5 Å². The zero-order chi connectivity index (χ0) is 11.8. The predicted molar refractivity (Wildman–Crippen MR) is 68.7 cm³/mol. The molecule has 0 atom stereocenters. The van der Waals surface area contributed by atoms with Crippen molar-refractivity contribution in [3.8, 4) is 11.3 Å². The second-order valence-electron chi connectivity index (χ2n) is 3.67. The number of halogens is 1. The second kappa shape index (κ2) is 3.75. The first-order valence-electron chi connectivity index (χ1n) is 5.10. The molecule has 3 aromatic rings. The van der Waals surface area contributed by atoms with Crippen molar-refractivity contribution in [1.29, 1.82) is 0 Å². The Morgan fingerprint density at radius 3 is 3.00 bits per heavy atom. The Morgan fingerprint density at radius 1 is 1.24 bits per heavy atom. The summed E-state index contributed by atoms with van der Waals surface area (Å²) in [6.07, 6.45) is 3.40. The summed E-state index contributed by atoms with van der Waals surface area (Å²) in [7, 11) is 0. The van der Waals surface area contributed by atoms with E-state index in [-0.39, 0.29) is 5.95 Å². The van der Waals surface area contributed by atoms with E-state index < -0.39 is 0 Å². The van der Waals surface area contributed by atoms with Crippen LogP contribution in [0.5, 0.6) is 0 Å². The first-order valence-corrected chi connectivity index (χ1v) is 5.48. The topological polar surface area (TPSA) is 67.6 Å². The molecule has 0 spiro atoms. The van der Waals surface area contributed by atoms with E-state index in [9.17, 15) is 0 Å². The highest BCUT2D eigenvalue weighted by Gasteiger charge is 2.10. The summed E-state index contributed by atoms with van der Waals surface area (Å²) in [5.74, 6) is 0.219. The highest BCUT2D eigenvalue weighted by Crippen LogP contribution is 2.31. The molecule has 84 valence electrons. The van der Waals surface area contributed by atoms with Gasteiger partial charge in [0.1, 0.15) is 0 Å². The zero-order valence-corrected chi connectivity index (χ0v) is 9.57. The molecule has 0 aliphatic carbocycles. The van der Waals surface area contributed by atoms with E-state index in [1.807, 2.05) is 30.5 Å². The number of anilines is 1. The van der Waals surface area contributed by atoms with Gasteiger partial charge in [-0.25, -0.2) is 9.97 Å². The maximum absolute atomic E-state index is 6.11. The first-order chi connectivity index (χ1) is 8.25. The number of aromatic nitrogens is 3. The van der Waals surface area contributed by atoms with Crippen molar-refractivity contribution in [2.45, 2.75) is 0 Å². The van der Waals surface area contributed by atoms with Gasteiger partial charge in [-0.1, -0.05) is 23.7 Å². The number of H-pyrrole nitrogens is 1. The maximum Gasteiger partial charge on any atom is 0.220 e. The Kier molecular flexibility index (Phi) is 2.23. The molecule has 0 bridgehead atoms. The number of aromatic amines is 1. The normalized spacial score (nSPS) is 10.9. The number of benzene rings is 1. The fraction of sp³-hybridized carbons (Fsp3) is 0. The maximum atomic E-state index is 6.11. The average Bonchev–Trinajstić information content (AvgIpc) is 2.80. The van der Waals surface area contributed by atoms with Crippen molar-refractivity contribution in [2.24, 2.45) is 0 Å². The number of hydrogen-bond donors (Lipinski definition) is 2. The molecule has 0 unspecified atom stereocenters. The number of hydrogen-bond acceptors (Lipinski definition) is 3. The van der Waals surface area contributed by atoms with Gasteiger partial charge in [0.2, 0.25) is 5.95 Å². The third kappa shape index (κ3) is 1.62. The molecule has 0 saturated heterocycles. The summed E-state index contributed by atoms with van der Waals surface area (Å²) in [4.78, 5) is 11.2. The Bertz CT molecular complexity index is 690. The van der Waals surface area contributed by atoms with Crippen molar-refractivity contribution in [3.63, 3.8) is 0 Å². The van der Waals surface area contributed by atoms with Gasteiger partial charge in [-0.2, -0.15) is 0 Å². The third-order valence-corrected chi connectivity index (χ3v) is 2.89. The fourth-order valence-corrected chi connectivity index (χ4v) is 2.05. The molecular formula is C12H9ClN4. The quantitative estimate of drug-likeness (QED) is 0.692. The van der Waals surface area contributed by atoms with Gasteiger partial charge in [-0.15, -0.1) is 0 Å². The predicted octanol–water partition coefficient (Wildman–Crippen LogP) is 2.86. The zero-order valence-electron chi connectivity index (χ0n) is 8.81. The average molecular weight is 245 g/mol. The molecule has 0 aliphatic rings. The lowest BCUT2D eigenvalue weighted by molar-refractivity contribution is 1.19. The molecule has 2 aromatic heterocycles. The Hall–Kier alpha value is -2.07. The summed E-state index contributed by atoms with van der Waals surface area (Å²) < 4.78 is 0. The number of nitrogen functional groups attached to an aromatic ring is 1. The van der Waals surface area contributed by atoms with Crippen molar-refractivity contribution in [1.82, 2.24) is 15.0 Å². The van der Waals surface area contributed by atoms with E-state index in [1.54, 1.807) is 0 Å². The minimum Gasteiger partial charge on any atom is -0.368 e. The summed E-state index contributed by atoms with van der Waals surface area (Å²) in [6.45, 7) is 0. The van der Waals surface area contributed by atoms with Crippen molar-refractivity contribution in [2.75, 3.05) is 5.73 Å². The minimum atomic E-state index is 0.219. The number of nitrogens with zero attached hydrogens (tertiary/aromatic N) is 2. The smallest absolute Gasteiger partial charge is 0.220 e. The second-order valence-corrected chi connectivity index (χ2v) is 4.08.